The number of amides is 2. The molecular weight excluding hydrogens is 502 g/mol. The quantitative estimate of drug-likeness (QED) is 0.241. The SMILES string of the molecule is CCOc1cc(/C=C(\C#N)C(=O)Nc2ccc(C)cc2C)cc(Cl)c1OCC(=O)Nc1cccc(C)c1C. The Morgan fingerprint density at radius 1 is 0.974 bits per heavy atom. The summed E-state index contributed by atoms with van der Waals surface area (Å²) in [5.41, 5.74) is 5.69. The summed E-state index contributed by atoms with van der Waals surface area (Å²) in [4.78, 5) is 25.3. The molecule has 0 atom stereocenters. The minimum atomic E-state index is -0.544. The first-order valence-electron chi connectivity index (χ1n) is 12.1. The van der Waals surface area contributed by atoms with Gasteiger partial charge in [0.2, 0.25) is 0 Å². The molecule has 0 aliphatic heterocycles. The van der Waals surface area contributed by atoms with Gasteiger partial charge in [0.05, 0.1) is 11.6 Å². The van der Waals surface area contributed by atoms with Crippen molar-refractivity contribution in [2.75, 3.05) is 23.8 Å². The summed E-state index contributed by atoms with van der Waals surface area (Å²) in [6, 6.07) is 16.4. The van der Waals surface area contributed by atoms with Crippen LogP contribution < -0.4 is 20.1 Å². The van der Waals surface area contributed by atoms with Crippen molar-refractivity contribution in [3.05, 3.63) is 86.9 Å². The van der Waals surface area contributed by atoms with E-state index in [2.05, 4.69) is 10.6 Å². The smallest absolute Gasteiger partial charge is 0.266 e. The van der Waals surface area contributed by atoms with E-state index < -0.39 is 5.91 Å². The average Bonchev–Trinajstić information content (AvgIpc) is 2.86. The van der Waals surface area contributed by atoms with Crippen LogP contribution in [0.1, 0.15) is 34.7 Å². The van der Waals surface area contributed by atoms with Gasteiger partial charge in [-0.15, -0.1) is 0 Å². The molecule has 196 valence electrons. The molecule has 0 heterocycles. The zero-order valence-electron chi connectivity index (χ0n) is 22.1. The van der Waals surface area contributed by atoms with Crippen LogP contribution in [-0.2, 0) is 9.59 Å². The second-order valence-electron chi connectivity index (χ2n) is 8.79. The Bertz CT molecular complexity index is 1440. The van der Waals surface area contributed by atoms with Crippen molar-refractivity contribution in [1.82, 2.24) is 0 Å². The van der Waals surface area contributed by atoms with Crippen LogP contribution in [-0.4, -0.2) is 25.0 Å². The van der Waals surface area contributed by atoms with Gasteiger partial charge >= 0.3 is 0 Å². The lowest BCUT2D eigenvalue weighted by Crippen LogP contribution is -2.21. The van der Waals surface area contributed by atoms with Crippen LogP contribution in [0.25, 0.3) is 6.08 Å². The first kappa shape index (κ1) is 28.3. The summed E-state index contributed by atoms with van der Waals surface area (Å²) in [7, 11) is 0. The third-order valence-electron chi connectivity index (χ3n) is 5.86. The zero-order chi connectivity index (χ0) is 27.8. The normalized spacial score (nSPS) is 10.9. The van der Waals surface area contributed by atoms with Crippen LogP contribution in [0.5, 0.6) is 11.5 Å². The van der Waals surface area contributed by atoms with Gasteiger partial charge in [0.25, 0.3) is 11.8 Å². The molecule has 7 nitrogen and oxygen atoms in total. The molecule has 0 saturated heterocycles. The van der Waals surface area contributed by atoms with Gasteiger partial charge in [-0.25, -0.2) is 0 Å². The molecule has 2 amide bonds. The molecule has 0 aromatic heterocycles. The number of halogens is 1. The maximum atomic E-state index is 12.8. The standard InChI is InChI=1S/C30H30ClN3O4/c1-6-37-27-15-22(13-23(16-32)30(36)34-25-11-10-18(2)12-20(25)4)14-24(31)29(27)38-17-28(35)33-26-9-7-8-19(3)21(26)5/h7-15H,6,17H2,1-5H3,(H,33,35)(H,34,36)/b23-13+. The molecular formula is C30H30ClN3O4. The fourth-order valence-electron chi connectivity index (χ4n) is 3.74. The third-order valence-corrected chi connectivity index (χ3v) is 6.14. The van der Waals surface area contributed by atoms with Crippen molar-refractivity contribution in [2.45, 2.75) is 34.6 Å². The van der Waals surface area contributed by atoms with Crippen molar-refractivity contribution in [2.24, 2.45) is 0 Å². The van der Waals surface area contributed by atoms with Crippen LogP contribution in [0.4, 0.5) is 11.4 Å². The highest BCUT2D eigenvalue weighted by atomic mass is 35.5. The summed E-state index contributed by atoms with van der Waals surface area (Å²) >= 11 is 6.48. The Morgan fingerprint density at radius 3 is 2.42 bits per heavy atom. The number of hydrogen-bond donors (Lipinski definition) is 2. The average molecular weight is 532 g/mol. The molecule has 0 spiro atoms. The molecule has 3 aromatic carbocycles. The predicted octanol–water partition coefficient (Wildman–Crippen LogP) is 6.54. The second kappa shape index (κ2) is 12.8. The number of rotatable bonds is 9. The van der Waals surface area contributed by atoms with Crippen molar-refractivity contribution in [1.29, 1.82) is 5.26 Å². The number of benzene rings is 3. The highest BCUT2D eigenvalue weighted by Gasteiger charge is 2.17. The van der Waals surface area contributed by atoms with E-state index in [1.807, 2.05) is 64.1 Å². The highest BCUT2D eigenvalue weighted by molar-refractivity contribution is 6.32. The molecule has 0 unspecified atom stereocenters. The lowest BCUT2D eigenvalue weighted by atomic mass is 10.1. The lowest BCUT2D eigenvalue weighted by molar-refractivity contribution is -0.118. The van der Waals surface area contributed by atoms with Gasteiger partial charge in [-0.3, -0.25) is 9.59 Å². The van der Waals surface area contributed by atoms with Gasteiger partial charge in [-0.2, -0.15) is 5.26 Å². The largest absolute Gasteiger partial charge is 0.490 e. The minimum Gasteiger partial charge on any atom is -0.490 e. The zero-order valence-corrected chi connectivity index (χ0v) is 22.8. The first-order valence-corrected chi connectivity index (χ1v) is 12.5. The monoisotopic (exact) mass is 531 g/mol. The molecule has 0 radical (unpaired) electrons. The number of carbonyl (C=O) groups is 2. The van der Waals surface area contributed by atoms with Crippen LogP contribution in [0.15, 0.2) is 54.1 Å². The van der Waals surface area contributed by atoms with Crippen LogP contribution in [0, 0.1) is 39.0 Å². The number of anilines is 2. The molecule has 0 aliphatic rings. The van der Waals surface area contributed by atoms with Gasteiger partial charge in [-0.1, -0.05) is 41.4 Å². The summed E-state index contributed by atoms with van der Waals surface area (Å²) < 4.78 is 11.4. The summed E-state index contributed by atoms with van der Waals surface area (Å²) in [5, 5.41) is 15.4. The molecule has 3 rings (SSSR count). The van der Waals surface area contributed by atoms with E-state index in [0.29, 0.717) is 23.5 Å². The van der Waals surface area contributed by atoms with E-state index >= 15 is 0 Å². The van der Waals surface area contributed by atoms with Crippen LogP contribution >= 0.6 is 11.6 Å². The first-order chi connectivity index (χ1) is 18.1. The molecule has 0 saturated carbocycles. The van der Waals surface area contributed by atoms with Crippen LogP contribution in [0.3, 0.4) is 0 Å². The molecule has 0 bridgehead atoms. The van der Waals surface area contributed by atoms with E-state index in [1.165, 1.54) is 6.08 Å². The number of aryl methyl sites for hydroxylation is 3. The molecule has 3 aromatic rings. The van der Waals surface area contributed by atoms with Crippen molar-refractivity contribution in [3.63, 3.8) is 0 Å². The Balaban J connectivity index is 1.79. The second-order valence-corrected chi connectivity index (χ2v) is 9.20. The van der Waals surface area contributed by atoms with Gasteiger partial charge in [-0.05, 0) is 87.2 Å². The maximum Gasteiger partial charge on any atom is 0.266 e. The van der Waals surface area contributed by atoms with Crippen molar-refractivity contribution < 1.29 is 19.1 Å². The highest BCUT2D eigenvalue weighted by Crippen LogP contribution is 2.37. The Morgan fingerprint density at radius 2 is 1.74 bits per heavy atom. The topological polar surface area (TPSA) is 100 Å². The van der Waals surface area contributed by atoms with E-state index in [1.54, 1.807) is 25.1 Å². The van der Waals surface area contributed by atoms with E-state index in [9.17, 15) is 14.9 Å². The van der Waals surface area contributed by atoms with E-state index in [4.69, 9.17) is 21.1 Å². The lowest BCUT2D eigenvalue weighted by Gasteiger charge is -2.15. The number of nitrogens with zero attached hydrogens (tertiary/aromatic N) is 1. The summed E-state index contributed by atoms with van der Waals surface area (Å²) in [5.74, 6) is -0.411. The number of ether oxygens (including phenoxy) is 2. The Hall–Kier alpha value is -4.28. The van der Waals surface area contributed by atoms with E-state index in [0.717, 1.165) is 22.3 Å². The molecule has 0 fully saturated rings. The van der Waals surface area contributed by atoms with Gasteiger partial charge < -0.3 is 20.1 Å². The third kappa shape index (κ3) is 7.15. The van der Waals surface area contributed by atoms with Crippen LogP contribution in [0.2, 0.25) is 5.02 Å². The van der Waals surface area contributed by atoms with Crippen molar-refractivity contribution in [3.8, 4) is 17.6 Å². The van der Waals surface area contributed by atoms with E-state index in [-0.39, 0.29) is 34.6 Å². The van der Waals surface area contributed by atoms with Crippen molar-refractivity contribution >= 4 is 40.9 Å². The number of carbonyl (C=O) groups excluding carboxylic acids is 2. The fourth-order valence-corrected chi connectivity index (χ4v) is 4.02. The molecule has 38 heavy (non-hydrogen) atoms. The summed E-state index contributed by atoms with van der Waals surface area (Å²) in [6.07, 6.45) is 1.42. The number of hydrogen-bond acceptors (Lipinski definition) is 5. The molecule has 2 N–H and O–H groups in total. The molecule has 0 aliphatic carbocycles. The number of nitrogens with one attached hydrogen (secondary N) is 2. The van der Waals surface area contributed by atoms with Gasteiger partial charge in [0.15, 0.2) is 18.1 Å². The number of nitriles is 1. The summed E-state index contributed by atoms with van der Waals surface area (Å²) in [6.45, 7) is 9.57. The molecule has 8 heteroatoms. The van der Waals surface area contributed by atoms with Gasteiger partial charge in [0, 0.05) is 11.4 Å². The maximum absolute atomic E-state index is 12.8. The predicted molar refractivity (Wildman–Crippen MR) is 151 cm³/mol. The minimum absolute atomic E-state index is 0.106. The Labute approximate surface area is 228 Å². The fraction of sp³-hybridized carbons (Fsp3) is 0.233. The Kier molecular flexibility index (Phi) is 9.53. The van der Waals surface area contributed by atoms with Gasteiger partial charge in [0.1, 0.15) is 11.6 Å².